The summed E-state index contributed by atoms with van der Waals surface area (Å²) in [6.07, 6.45) is 6.18. The predicted octanol–water partition coefficient (Wildman–Crippen LogP) is 3.38. The topological polar surface area (TPSA) is 83.0 Å². The summed E-state index contributed by atoms with van der Waals surface area (Å²) < 4.78 is 21.3. The Hall–Kier alpha value is -2.96. The number of aromatic nitrogens is 3. The summed E-state index contributed by atoms with van der Waals surface area (Å²) in [5.74, 6) is 0.0357. The minimum atomic E-state index is -0.564. The second-order valence-electron chi connectivity index (χ2n) is 6.09. The Morgan fingerprint density at radius 2 is 2.12 bits per heavy atom. The van der Waals surface area contributed by atoms with Gasteiger partial charge in [0.15, 0.2) is 17.4 Å². The molecule has 0 unspecified atom stereocenters. The number of nitrogens with zero attached hydrogens (tertiary/aromatic N) is 3. The normalized spacial score (nSPS) is 11.0. The molecule has 0 aliphatic heterocycles. The number of nitrogen functional groups attached to an aromatic ring is 1. The molecule has 3 aromatic rings. The highest BCUT2D eigenvalue weighted by Gasteiger charge is 2.14. The van der Waals surface area contributed by atoms with Crippen molar-refractivity contribution in [2.45, 2.75) is 32.7 Å². The summed E-state index contributed by atoms with van der Waals surface area (Å²) in [6.45, 7) is 2.73. The molecule has 26 heavy (non-hydrogen) atoms. The molecule has 7 heteroatoms. The van der Waals surface area contributed by atoms with Crippen LogP contribution in [0, 0.1) is 5.82 Å². The largest absolute Gasteiger partial charge is 0.491 e. The van der Waals surface area contributed by atoms with Crippen molar-refractivity contribution >= 4 is 16.6 Å². The summed E-state index contributed by atoms with van der Waals surface area (Å²) in [6, 6.07) is 4.62. The average molecular weight is 356 g/mol. The van der Waals surface area contributed by atoms with E-state index in [0.29, 0.717) is 23.1 Å². The third kappa shape index (κ3) is 3.37. The molecule has 2 aromatic heterocycles. The molecule has 0 aliphatic rings. The molecule has 6 nitrogen and oxygen atoms in total. The fraction of sp³-hybridized carbons (Fsp3) is 0.316. The van der Waals surface area contributed by atoms with Crippen molar-refractivity contribution in [3.05, 3.63) is 46.8 Å². The number of rotatable bonds is 6. The van der Waals surface area contributed by atoms with Gasteiger partial charge in [-0.15, -0.1) is 0 Å². The van der Waals surface area contributed by atoms with E-state index in [1.54, 1.807) is 22.9 Å². The quantitative estimate of drug-likeness (QED) is 0.685. The number of hydrogen-bond donors (Lipinski definition) is 1. The molecule has 136 valence electrons. The maximum absolute atomic E-state index is 14.6. The van der Waals surface area contributed by atoms with Crippen molar-refractivity contribution in [3.8, 4) is 17.1 Å². The molecule has 2 heterocycles. The minimum absolute atomic E-state index is 0.128. The van der Waals surface area contributed by atoms with Crippen molar-refractivity contribution in [1.29, 1.82) is 0 Å². The maximum atomic E-state index is 14.6. The van der Waals surface area contributed by atoms with Gasteiger partial charge in [-0.05, 0) is 30.0 Å². The van der Waals surface area contributed by atoms with Gasteiger partial charge in [0.05, 0.1) is 24.3 Å². The highest BCUT2D eigenvalue weighted by atomic mass is 19.1. The van der Waals surface area contributed by atoms with Crippen LogP contribution >= 0.6 is 0 Å². The molecule has 3 rings (SSSR count). The first-order valence-electron chi connectivity index (χ1n) is 8.54. The number of ether oxygens (including phenoxy) is 1. The van der Waals surface area contributed by atoms with Gasteiger partial charge < -0.3 is 15.0 Å². The number of unbranched alkanes of at least 4 members (excludes halogenated alkanes) is 2. The Balaban J connectivity index is 2.04. The van der Waals surface area contributed by atoms with E-state index in [1.165, 1.54) is 19.4 Å². The number of aryl methyl sites for hydroxylation is 1. The van der Waals surface area contributed by atoms with Crippen LogP contribution in [0.2, 0.25) is 0 Å². The van der Waals surface area contributed by atoms with Crippen molar-refractivity contribution in [2.75, 3.05) is 12.8 Å². The third-order valence-corrected chi connectivity index (χ3v) is 4.31. The van der Waals surface area contributed by atoms with Crippen LogP contribution in [0.5, 0.6) is 5.75 Å². The lowest BCUT2D eigenvalue weighted by Gasteiger charge is -2.10. The van der Waals surface area contributed by atoms with Crippen LogP contribution in [0.15, 0.2) is 35.4 Å². The van der Waals surface area contributed by atoms with Crippen LogP contribution in [0.1, 0.15) is 26.2 Å². The highest BCUT2D eigenvalue weighted by Crippen LogP contribution is 2.27. The Morgan fingerprint density at radius 3 is 2.81 bits per heavy atom. The standard InChI is InChI=1S/C19H21FN4O2/c1-3-4-5-7-24-8-6-12-9-14(15(20)10-13(12)19(24)25)18-22-11-16(26-2)17(21)23-18/h6,8-11H,3-5,7H2,1-2H3,(H2,21,22,23). The smallest absolute Gasteiger partial charge is 0.258 e. The Labute approximate surface area is 150 Å². The lowest BCUT2D eigenvalue weighted by molar-refractivity contribution is 0.413. The molecule has 0 amide bonds. The molecule has 0 radical (unpaired) electrons. The second kappa shape index (κ2) is 7.51. The number of methoxy groups -OCH3 is 1. The number of hydrogen-bond acceptors (Lipinski definition) is 5. The molecule has 0 saturated carbocycles. The maximum Gasteiger partial charge on any atom is 0.258 e. The van der Waals surface area contributed by atoms with Gasteiger partial charge in [0.2, 0.25) is 0 Å². The summed E-state index contributed by atoms with van der Waals surface area (Å²) >= 11 is 0. The number of nitrogens with two attached hydrogens (primary N) is 1. The monoisotopic (exact) mass is 356 g/mol. The Kier molecular flexibility index (Phi) is 5.16. The van der Waals surface area contributed by atoms with Gasteiger partial charge in [0.25, 0.3) is 5.56 Å². The van der Waals surface area contributed by atoms with E-state index >= 15 is 0 Å². The van der Waals surface area contributed by atoms with Gasteiger partial charge in [0.1, 0.15) is 5.82 Å². The van der Waals surface area contributed by atoms with Gasteiger partial charge in [-0.3, -0.25) is 4.79 Å². The van der Waals surface area contributed by atoms with Crippen LogP contribution in [-0.4, -0.2) is 21.6 Å². The van der Waals surface area contributed by atoms with Crippen LogP contribution in [0.4, 0.5) is 10.2 Å². The van der Waals surface area contributed by atoms with Gasteiger partial charge >= 0.3 is 0 Å². The van der Waals surface area contributed by atoms with E-state index < -0.39 is 5.82 Å². The molecule has 0 saturated heterocycles. The number of pyridine rings is 1. The zero-order chi connectivity index (χ0) is 18.7. The van der Waals surface area contributed by atoms with Gasteiger partial charge in [-0.25, -0.2) is 14.4 Å². The first-order valence-corrected chi connectivity index (χ1v) is 8.54. The third-order valence-electron chi connectivity index (χ3n) is 4.31. The molecular weight excluding hydrogens is 335 g/mol. The Morgan fingerprint density at radius 1 is 1.31 bits per heavy atom. The van der Waals surface area contributed by atoms with E-state index in [4.69, 9.17) is 10.5 Å². The number of halogens is 1. The van der Waals surface area contributed by atoms with E-state index in [-0.39, 0.29) is 22.8 Å². The summed E-state index contributed by atoms with van der Waals surface area (Å²) in [5, 5.41) is 0.975. The first-order chi connectivity index (χ1) is 12.5. The van der Waals surface area contributed by atoms with Crippen molar-refractivity contribution in [2.24, 2.45) is 0 Å². The SMILES string of the molecule is CCCCCn1ccc2cc(-c3ncc(OC)c(N)n3)c(F)cc2c1=O. The zero-order valence-electron chi connectivity index (χ0n) is 14.8. The molecular formula is C19H21FN4O2. The molecule has 2 N–H and O–H groups in total. The van der Waals surface area contributed by atoms with Crippen LogP contribution in [-0.2, 0) is 6.54 Å². The summed E-state index contributed by atoms with van der Waals surface area (Å²) in [7, 11) is 1.46. The minimum Gasteiger partial charge on any atom is -0.491 e. The number of anilines is 1. The number of fused-ring (bicyclic) bond motifs is 1. The van der Waals surface area contributed by atoms with E-state index in [9.17, 15) is 9.18 Å². The molecule has 0 atom stereocenters. The van der Waals surface area contributed by atoms with E-state index in [0.717, 1.165) is 19.3 Å². The average Bonchev–Trinajstić information content (AvgIpc) is 2.64. The Bertz CT molecular complexity index is 1000. The van der Waals surface area contributed by atoms with E-state index in [1.807, 2.05) is 0 Å². The fourth-order valence-corrected chi connectivity index (χ4v) is 2.86. The lowest BCUT2D eigenvalue weighted by atomic mass is 10.1. The molecule has 0 bridgehead atoms. The van der Waals surface area contributed by atoms with Gasteiger partial charge in [0, 0.05) is 12.7 Å². The summed E-state index contributed by atoms with van der Waals surface area (Å²) in [5.41, 5.74) is 5.78. The van der Waals surface area contributed by atoms with Gasteiger partial charge in [-0.1, -0.05) is 19.8 Å². The highest BCUT2D eigenvalue weighted by molar-refractivity contribution is 5.86. The second-order valence-corrected chi connectivity index (χ2v) is 6.09. The molecule has 1 aromatic carbocycles. The number of benzene rings is 1. The first kappa shape index (κ1) is 17.8. The molecule has 0 fully saturated rings. The summed E-state index contributed by atoms with van der Waals surface area (Å²) in [4.78, 5) is 20.8. The fourth-order valence-electron chi connectivity index (χ4n) is 2.86. The molecule has 0 spiro atoms. The van der Waals surface area contributed by atoms with Crippen LogP contribution < -0.4 is 16.0 Å². The van der Waals surface area contributed by atoms with Crippen LogP contribution in [0.3, 0.4) is 0 Å². The van der Waals surface area contributed by atoms with Crippen molar-refractivity contribution in [1.82, 2.24) is 14.5 Å². The van der Waals surface area contributed by atoms with Crippen molar-refractivity contribution in [3.63, 3.8) is 0 Å². The molecule has 0 aliphatic carbocycles. The van der Waals surface area contributed by atoms with Gasteiger partial charge in [-0.2, -0.15) is 0 Å². The van der Waals surface area contributed by atoms with E-state index in [2.05, 4.69) is 16.9 Å². The van der Waals surface area contributed by atoms with Crippen molar-refractivity contribution < 1.29 is 9.13 Å². The predicted molar refractivity (Wildman–Crippen MR) is 99.7 cm³/mol. The van der Waals surface area contributed by atoms with Crippen LogP contribution in [0.25, 0.3) is 22.2 Å². The zero-order valence-corrected chi connectivity index (χ0v) is 14.8. The lowest BCUT2D eigenvalue weighted by Crippen LogP contribution is -2.19.